The van der Waals surface area contributed by atoms with E-state index in [-0.39, 0.29) is 10.8 Å². The topological polar surface area (TPSA) is 3.24 Å². The molecule has 1 heteroatoms. The second kappa shape index (κ2) is 10.8. The van der Waals surface area contributed by atoms with Gasteiger partial charge in [-0.25, -0.2) is 0 Å². The van der Waals surface area contributed by atoms with Crippen LogP contribution in [-0.4, -0.2) is 0 Å². The van der Waals surface area contributed by atoms with E-state index in [0.29, 0.717) is 0 Å². The molecule has 244 valence electrons. The molecule has 0 saturated heterocycles. The highest BCUT2D eigenvalue weighted by molar-refractivity contribution is 6.03. The molecular formula is C50H39N. The Morgan fingerprint density at radius 1 is 0.353 bits per heavy atom. The number of benzene rings is 8. The molecule has 51 heavy (non-hydrogen) atoms. The van der Waals surface area contributed by atoms with Gasteiger partial charge in [0.15, 0.2) is 0 Å². The van der Waals surface area contributed by atoms with Crippen molar-refractivity contribution in [1.82, 2.24) is 0 Å². The van der Waals surface area contributed by atoms with Crippen molar-refractivity contribution >= 4 is 38.6 Å². The van der Waals surface area contributed by atoms with E-state index in [9.17, 15) is 0 Å². The molecule has 0 spiro atoms. The van der Waals surface area contributed by atoms with Crippen LogP contribution in [0.2, 0.25) is 0 Å². The smallest absolute Gasteiger partial charge is 0.0467 e. The van der Waals surface area contributed by atoms with Crippen molar-refractivity contribution in [3.63, 3.8) is 0 Å². The molecular weight excluding hydrogens is 615 g/mol. The molecule has 0 radical (unpaired) electrons. The molecule has 0 amide bonds. The van der Waals surface area contributed by atoms with Gasteiger partial charge in [-0.3, -0.25) is 0 Å². The Morgan fingerprint density at radius 3 is 1.71 bits per heavy atom. The van der Waals surface area contributed by atoms with E-state index in [1.54, 1.807) is 0 Å². The maximum Gasteiger partial charge on any atom is 0.0467 e. The van der Waals surface area contributed by atoms with Crippen molar-refractivity contribution in [3.8, 4) is 33.4 Å². The lowest BCUT2D eigenvalue weighted by Crippen LogP contribution is -2.18. The third-order valence-electron chi connectivity index (χ3n) is 11.8. The minimum absolute atomic E-state index is 0.0962. The van der Waals surface area contributed by atoms with Crippen LogP contribution >= 0.6 is 0 Å². The zero-order valence-corrected chi connectivity index (χ0v) is 29.5. The maximum absolute atomic E-state index is 2.48. The average Bonchev–Trinajstić information content (AvgIpc) is 3.54. The van der Waals surface area contributed by atoms with Gasteiger partial charge >= 0.3 is 0 Å². The van der Waals surface area contributed by atoms with Crippen LogP contribution in [0.25, 0.3) is 54.9 Å². The highest BCUT2D eigenvalue weighted by Gasteiger charge is 2.38. The molecule has 0 N–H and O–H groups in total. The van der Waals surface area contributed by atoms with E-state index in [2.05, 4.69) is 196 Å². The summed E-state index contributed by atoms with van der Waals surface area (Å²) in [6, 6.07) is 61.1. The molecule has 2 aliphatic rings. The standard InChI is InChI=1S/C50H39N/c1-49(2)44-22-10-9-20-41(44)42-26-24-36(30-46(42)49)51(35-17-11-16-34(29-35)39-21-12-15-32-13-5-7-18-38(32)39)37-25-27-43-47(31-37)50(3,4)45-28-23-33-14-6-8-19-40(33)48(43)45/h5-31H,1-4H3. The molecule has 0 saturated carbocycles. The molecule has 0 aliphatic heterocycles. The SMILES string of the molecule is CC1(C)c2ccccc2-c2ccc(N(c3cccc(-c4cccc5ccccc45)c3)c3ccc4c(c3)C(C)(C)c3ccc5ccccc5c3-4)cc21. The summed E-state index contributed by atoms with van der Waals surface area (Å²) in [6.07, 6.45) is 0. The molecule has 8 aromatic carbocycles. The molecule has 10 rings (SSSR count). The normalized spacial score (nSPS) is 14.6. The molecule has 2 aliphatic carbocycles. The highest BCUT2D eigenvalue weighted by Crippen LogP contribution is 2.54. The van der Waals surface area contributed by atoms with E-state index in [1.165, 1.54) is 88.6 Å². The van der Waals surface area contributed by atoms with Crippen molar-refractivity contribution < 1.29 is 0 Å². The lowest BCUT2D eigenvalue weighted by atomic mass is 9.81. The van der Waals surface area contributed by atoms with Gasteiger partial charge in [0.2, 0.25) is 0 Å². The summed E-state index contributed by atoms with van der Waals surface area (Å²) < 4.78 is 0. The van der Waals surface area contributed by atoms with Crippen LogP contribution in [0, 0.1) is 0 Å². The lowest BCUT2D eigenvalue weighted by Gasteiger charge is -2.30. The fraction of sp³-hybridized carbons (Fsp3) is 0.120. The van der Waals surface area contributed by atoms with Gasteiger partial charge in [-0.15, -0.1) is 0 Å². The quantitative estimate of drug-likeness (QED) is 0.183. The zero-order chi connectivity index (χ0) is 34.5. The van der Waals surface area contributed by atoms with Crippen LogP contribution in [0.4, 0.5) is 17.1 Å². The van der Waals surface area contributed by atoms with E-state index in [4.69, 9.17) is 0 Å². The summed E-state index contributed by atoms with van der Waals surface area (Å²) in [5.74, 6) is 0. The number of hydrogen-bond acceptors (Lipinski definition) is 1. The first-order valence-corrected chi connectivity index (χ1v) is 18.1. The minimum Gasteiger partial charge on any atom is -0.310 e. The largest absolute Gasteiger partial charge is 0.310 e. The minimum atomic E-state index is -0.136. The van der Waals surface area contributed by atoms with Gasteiger partial charge < -0.3 is 4.90 Å². The van der Waals surface area contributed by atoms with Crippen molar-refractivity contribution in [2.45, 2.75) is 38.5 Å². The lowest BCUT2D eigenvalue weighted by molar-refractivity contribution is 0.660. The molecule has 8 aromatic rings. The van der Waals surface area contributed by atoms with E-state index in [0.717, 1.165) is 5.69 Å². The van der Waals surface area contributed by atoms with Crippen molar-refractivity contribution in [1.29, 1.82) is 0 Å². The van der Waals surface area contributed by atoms with Gasteiger partial charge in [-0.05, 0) is 114 Å². The number of fused-ring (bicyclic) bond motifs is 9. The van der Waals surface area contributed by atoms with E-state index in [1.807, 2.05) is 0 Å². The molecule has 1 nitrogen and oxygen atoms in total. The third-order valence-corrected chi connectivity index (χ3v) is 11.8. The molecule has 0 fully saturated rings. The van der Waals surface area contributed by atoms with Gasteiger partial charge in [-0.2, -0.15) is 0 Å². The molecule has 0 aromatic heterocycles. The first-order chi connectivity index (χ1) is 24.8. The predicted molar refractivity (Wildman–Crippen MR) is 217 cm³/mol. The molecule has 0 bridgehead atoms. The summed E-state index contributed by atoms with van der Waals surface area (Å²) >= 11 is 0. The monoisotopic (exact) mass is 653 g/mol. The molecule has 0 atom stereocenters. The predicted octanol–water partition coefficient (Wildman–Crippen LogP) is 13.7. The number of hydrogen-bond donors (Lipinski definition) is 0. The van der Waals surface area contributed by atoms with Gasteiger partial charge in [0.05, 0.1) is 0 Å². The van der Waals surface area contributed by atoms with Gasteiger partial charge in [0, 0.05) is 27.9 Å². The van der Waals surface area contributed by atoms with Crippen LogP contribution in [0.1, 0.15) is 49.9 Å². The fourth-order valence-electron chi connectivity index (χ4n) is 9.20. The van der Waals surface area contributed by atoms with Crippen LogP contribution < -0.4 is 4.90 Å². The summed E-state index contributed by atoms with van der Waals surface area (Å²) in [4.78, 5) is 2.48. The van der Waals surface area contributed by atoms with Crippen LogP contribution in [-0.2, 0) is 10.8 Å². The van der Waals surface area contributed by atoms with Crippen LogP contribution in [0.3, 0.4) is 0 Å². The highest BCUT2D eigenvalue weighted by atomic mass is 15.1. The first kappa shape index (κ1) is 29.9. The number of nitrogens with zero attached hydrogens (tertiary/aromatic N) is 1. The Morgan fingerprint density at radius 2 is 0.902 bits per heavy atom. The third kappa shape index (κ3) is 4.34. The Kier molecular flexibility index (Phi) is 6.34. The molecule has 0 heterocycles. The maximum atomic E-state index is 2.48. The first-order valence-electron chi connectivity index (χ1n) is 18.1. The summed E-state index contributed by atoms with van der Waals surface area (Å²) in [5.41, 5.74) is 16.6. The van der Waals surface area contributed by atoms with Crippen molar-refractivity contribution in [3.05, 3.63) is 186 Å². The van der Waals surface area contributed by atoms with E-state index < -0.39 is 0 Å². The Balaban J connectivity index is 1.19. The summed E-state index contributed by atoms with van der Waals surface area (Å²) in [7, 11) is 0. The number of anilines is 3. The fourth-order valence-corrected chi connectivity index (χ4v) is 9.20. The van der Waals surface area contributed by atoms with Gasteiger partial charge in [0.25, 0.3) is 0 Å². The Bertz CT molecular complexity index is 2700. The summed E-state index contributed by atoms with van der Waals surface area (Å²) in [6.45, 7) is 9.51. The second-order valence-electron chi connectivity index (χ2n) is 15.4. The summed E-state index contributed by atoms with van der Waals surface area (Å²) in [5, 5.41) is 5.14. The molecule has 0 unspecified atom stereocenters. The van der Waals surface area contributed by atoms with Gasteiger partial charge in [0.1, 0.15) is 0 Å². The average molecular weight is 654 g/mol. The van der Waals surface area contributed by atoms with E-state index >= 15 is 0 Å². The second-order valence-corrected chi connectivity index (χ2v) is 15.4. The Labute approximate surface area is 300 Å². The number of rotatable bonds is 4. The van der Waals surface area contributed by atoms with Crippen LogP contribution in [0.5, 0.6) is 0 Å². The Hall–Kier alpha value is -5.92. The van der Waals surface area contributed by atoms with Gasteiger partial charge in [-0.1, -0.05) is 155 Å². The van der Waals surface area contributed by atoms with Crippen LogP contribution in [0.15, 0.2) is 164 Å². The van der Waals surface area contributed by atoms with Crippen molar-refractivity contribution in [2.75, 3.05) is 4.90 Å². The van der Waals surface area contributed by atoms with Crippen molar-refractivity contribution in [2.24, 2.45) is 0 Å². The zero-order valence-electron chi connectivity index (χ0n) is 29.5.